The highest BCUT2D eigenvalue weighted by atomic mass is 32.1. The van der Waals surface area contributed by atoms with Gasteiger partial charge in [-0.3, -0.25) is 10.1 Å². The zero-order valence-corrected chi connectivity index (χ0v) is 14.1. The van der Waals surface area contributed by atoms with E-state index in [1.807, 2.05) is 6.07 Å². The van der Waals surface area contributed by atoms with Gasteiger partial charge in [-0.15, -0.1) is 10.2 Å². The van der Waals surface area contributed by atoms with Crippen LogP contribution in [-0.2, 0) is 0 Å². The van der Waals surface area contributed by atoms with Gasteiger partial charge in [-0.1, -0.05) is 30.6 Å². The summed E-state index contributed by atoms with van der Waals surface area (Å²) in [5.74, 6) is 0.453. The molecule has 24 heavy (non-hydrogen) atoms. The number of benzene rings is 1. The van der Waals surface area contributed by atoms with Crippen LogP contribution >= 0.6 is 11.3 Å². The van der Waals surface area contributed by atoms with Crippen molar-refractivity contribution < 1.29 is 4.79 Å². The summed E-state index contributed by atoms with van der Waals surface area (Å²) >= 11 is 1.33. The van der Waals surface area contributed by atoms with E-state index in [-0.39, 0.29) is 5.91 Å². The van der Waals surface area contributed by atoms with Gasteiger partial charge in [-0.2, -0.15) is 5.26 Å². The molecule has 0 saturated heterocycles. The van der Waals surface area contributed by atoms with Crippen molar-refractivity contribution in [3.8, 4) is 6.07 Å². The van der Waals surface area contributed by atoms with Crippen LogP contribution in [0.2, 0.25) is 0 Å². The maximum absolute atomic E-state index is 12.2. The molecule has 0 radical (unpaired) electrons. The Morgan fingerprint density at radius 3 is 2.58 bits per heavy atom. The summed E-state index contributed by atoms with van der Waals surface area (Å²) in [6.45, 7) is 0.915. The molecule has 0 aliphatic heterocycles. The number of hydrogen-bond acceptors (Lipinski definition) is 6. The molecule has 1 aromatic heterocycles. The van der Waals surface area contributed by atoms with E-state index < -0.39 is 0 Å². The minimum absolute atomic E-state index is 0.255. The number of carbonyl (C=O) groups excluding carboxylic acids is 1. The molecule has 0 spiro atoms. The summed E-state index contributed by atoms with van der Waals surface area (Å²) in [5, 5.41) is 24.1. The van der Waals surface area contributed by atoms with Crippen molar-refractivity contribution in [1.82, 2.24) is 10.2 Å². The van der Waals surface area contributed by atoms with Crippen molar-refractivity contribution in [2.45, 2.75) is 32.1 Å². The Labute approximate surface area is 144 Å². The minimum atomic E-state index is -0.255. The molecule has 1 aliphatic carbocycles. The highest BCUT2D eigenvalue weighted by Crippen LogP contribution is 2.25. The Morgan fingerprint density at radius 1 is 1.17 bits per heavy atom. The fraction of sp³-hybridized carbons (Fsp3) is 0.412. The summed E-state index contributed by atoms with van der Waals surface area (Å²) in [7, 11) is 0. The first-order valence-electron chi connectivity index (χ1n) is 8.13. The van der Waals surface area contributed by atoms with Crippen molar-refractivity contribution in [3.05, 3.63) is 35.4 Å². The number of anilines is 2. The zero-order chi connectivity index (χ0) is 16.8. The van der Waals surface area contributed by atoms with Crippen LogP contribution in [-0.4, -0.2) is 22.6 Å². The van der Waals surface area contributed by atoms with E-state index in [0.29, 0.717) is 22.2 Å². The lowest BCUT2D eigenvalue weighted by atomic mass is 9.89. The normalized spacial score (nSPS) is 14.8. The van der Waals surface area contributed by atoms with Crippen LogP contribution in [0, 0.1) is 17.2 Å². The van der Waals surface area contributed by atoms with Crippen LogP contribution in [0.3, 0.4) is 0 Å². The maximum atomic E-state index is 12.2. The van der Waals surface area contributed by atoms with E-state index in [9.17, 15) is 4.79 Å². The zero-order valence-electron chi connectivity index (χ0n) is 13.3. The number of hydrogen-bond donors (Lipinski definition) is 2. The molecule has 1 fully saturated rings. The minimum Gasteiger partial charge on any atom is -0.360 e. The fourth-order valence-electron chi connectivity index (χ4n) is 2.83. The van der Waals surface area contributed by atoms with Crippen LogP contribution in [0.1, 0.15) is 48.0 Å². The Bertz CT molecular complexity index is 728. The summed E-state index contributed by atoms with van der Waals surface area (Å²) in [6.07, 6.45) is 6.52. The lowest BCUT2D eigenvalue weighted by Crippen LogP contribution is -2.16. The second kappa shape index (κ2) is 7.88. The van der Waals surface area contributed by atoms with Crippen molar-refractivity contribution in [2.75, 3.05) is 17.2 Å². The molecule has 3 rings (SSSR count). The number of nitrogens with one attached hydrogen (secondary N) is 2. The standard InChI is InChI=1S/C17H19N5OS/c18-10-12-6-8-14(9-7-12)15(23)20-17-22-21-16(24-17)19-11-13-4-2-1-3-5-13/h6-9,13H,1-5,11H2,(H,19,21)(H,20,22,23). The molecule has 6 nitrogen and oxygen atoms in total. The van der Waals surface area contributed by atoms with Gasteiger partial charge < -0.3 is 5.32 Å². The molecule has 0 atom stereocenters. The number of aromatic nitrogens is 2. The Morgan fingerprint density at radius 2 is 1.88 bits per heavy atom. The quantitative estimate of drug-likeness (QED) is 0.866. The van der Waals surface area contributed by atoms with E-state index in [1.165, 1.54) is 43.4 Å². The summed E-state index contributed by atoms with van der Waals surface area (Å²) in [4.78, 5) is 12.2. The molecule has 2 aromatic rings. The average Bonchev–Trinajstić information content (AvgIpc) is 3.08. The van der Waals surface area contributed by atoms with Crippen LogP contribution in [0.5, 0.6) is 0 Å². The second-order valence-electron chi connectivity index (χ2n) is 5.94. The molecule has 2 N–H and O–H groups in total. The molecule has 124 valence electrons. The topological polar surface area (TPSA) is 90.7 Å². The molecule has 1 aromatic carbocycles. The smallest absolute Gasteiger partial charge is 0.257 e. The van der Waals surface area contributed by atoms with Crippen LogP contribution in [0.15, 0.2) is 24.3 Å². The van der Waals surface area contributed by atoms with Crippen LogP contribution < -0.4 is 10.6 Å². The largest absolute Gasteiger partial charge is 0.360 e. The van der Waals surface area contributed by atoms with Gasteiger partial charge in [0.15, 0.2) is 0 Å². The monoisotopic (exact) mass is 341 g/mol. The number of nitrogens with zero attached hydrogens (tertiary/aromatic N) is 3. The lowest BCUT2D eigenvalue weighted by molar-refractivity contribution is 0.102. The average molecular weight is 341 g/mol. The molecular weight excluding hydrogens is 322 g/mol. The van der Waals surface area contributed by atoms with Gasteiger partial charge in [0.25, 0.3) is 5.91 Å². The molecule has 1 aliphatic rings. The van der Waals surface area contributed by atoms with Gasteiger partial charge >= 0.3 is 0 Å². The lowest BCUT2D eigenvalue weighted by Gasteiger charge is -2.21. The van der Waals surface area contributed by atoms with Crippen LogP contribution in [0.25, 0.3) is 0 Å². The third-order valence-electron chi connectivity index (χ3n) is 4.19. The number of amides is 1. The summed E-state index contributed by atoms with van der Waals surface area (Å²) in [5.41, 5.74) is 1.01. The van der Waals surface area contributed by atoms with Gasteiger partial charge in [0.2, 0.25) is 10.3 Å². The first-order chi connectivity index (χ1) is 11.7. The van der Waals surface area contributed by atoms with Gasteiger partial charge in [0, 0.05) is 12.1 Å². The maximum Gasteiger partial charge on any atom is 0.257 e. The number of carbonyl (C=O) groups is 1. The van der Waals surface area contributed by atoms with Gasteiger partial charge in [-0.05, 0) is 43.0 Å². The van der Waals surface area contributed by atoms with E-state index in [1.54, 1.807) is 24.3 Å². The van der Waals surface area contributed by atoms with Crippen molar-refractivity contribution >= 4 is 27.5 Å². The van der Waals surface area contributed by atoms with Crippen molar-refractivity contribution in [3.63, 3.8) is 0 Å². The SMILES string of the molecule is N#Cc1ccc(C(=O)Nc2nnc(NCC3CCCCC3)s2)cc1. The molecule has 1 amide bonds. The molecule has 0 unspecified atom stereocenters. The predicted molar refractivity (Wildman–Crippen MR) is 94.1 cm³/mol. The Balaban J connectivity index is 1.53. The van der Waals surface area contributed by atoms with Crippen molar-refractivity contribution in [2.24, 2.45) is 5.92 Å². The van der Waals surface area contributed by atoms with E-state index >= 15 is 0 Å². The fourth-order valence-corrected chi connectivity index (χ4v) is 3.48. The molecular formula is C17H19N5OS. The van der Waals surface area contributed by atoms with Crippen LogP contribution in [0.4, 0.5) is 10.3 Å². The third-order valence-corrected chi connectivity index (χ3v) is 4.98. The van der Waals surface area contributed by atoms with Gasteiger partial charge in [0.05, 0.1) is 11.6 Å². The highest BCUT2D eigenvalue weighted by molar-refractivity contribution is 7.19. The van der Waals surface area contributed by atoms with Gasteiger partial charge in [-0.25, -0.2) is 0 Å². The summed E-state index contributed by atoms with van der Waals surface area (Å²) in [6, 6.07) is 8.51. The Kier molecular flexibility index (Phi) is 5.39. The molecule has 0 bridgehead atoms. The van der Waals surface area contributed by atoms with E-state index in [0.717, 1.165) is 11.7 Å². The van der Waals surface area contributed by atoms with Crippen molar-refractivity contribution in [1.29, 1.82) is 5.26 Å². The molecule has 7 heteroatoms. The summed E-state index contributed by atoms with van der Waals surface area (Å²) < 4.78 is 0. The first-order valence-corrected chi connectivity index (χ1v) is 8.95. The van der Waals surface area contributed by atoms with Gasteiger partial charge in [0.1, 0.15) is 0 Å². The first kappa shape index (κ1) is 16.4. The molecule has 1 heterocycles. The number of nitriles is 1. The second-order valence-corrected chi connectivity index (χ2v) is 6.92. The Hall–Kier alpha value is -2.46. The highest BCUT2D eigenvalue weighted by Gasteiger charge is 2.14. The molecule has 1 saturated carbocycles. The predicted octanol–water partition coefficient (Wildman–Crippen LogP) is 3.65. The van der Waals surface area contributed by atoms with E-state index in [4.69, 9.17) is 5.26 Å². The number of rotatable bonds is 5. The third kappa shape index (κ3) is 4.30. The van der Waals surface area contributed by atoms with E-state index in [2.05, 4.69) is 20.8 Å².